The largest absolute Gasteiger partial charge is 0.497 e. The minimum absolute atomic E-state index is 0.0112. The zero-order valence-corrected chi connectivity index (χ0v) is 15.6. The van der Waals surface area contributed by atoms with Gasteiger partial charge in [-0.25, -0.2) is 0 Å². The van der Waals surface area contributed by atoms with Crippen molar-refractivity contribution in [3.05, 3.63) is 46.1 Å². The second-order valence-corrected chi connectivity index (χ2v) is 6.97. The molecular formula is C18H20N2O2S2. The zero-order chi connectivity index (χ0) is 17.5. The maximum absolute atomic E-state index is 8.49. The second kappa shape index (κ2) is 8.67. The van der Waals surface area contributed by atoms with Crippen molar-refractivity contribution in [1.82, 2.24) is 4.73 Å². The molecule has 1 aromatic heterocycles. The van der Waals surface area contributed by atoms with Crippen molar-refractivity contribution >= 4 is 23.6 Å². The van der Waals surface area contributed by atoms with Crippen molar-refractivity contribution in [1.29, 1.82) is 5.26 Å². The van der Waals surface area contributed by atoms with Gasteiger partial charge >= 0.3 is 0 Å². The number of nitriles is 1. The van der Waals surface area contributed by atoms with Crippen LogP contribution in [-0.4, -0.2) is 17.9 Å². The summed E-state index contributed by atoms with van der Waals surface area (Å²) < 4.78 is 7.63. The van der Waals surface area contributed by atoms with Crippen LogP contribution in [0.4, 0.5) is 0 Å². The van der Waals surface area contributed by atoms with E-state index in [-0.39, 0.29) is 6.10 Å². The normalized spacial score (nSPS) is 12.1. The first-order valence-electron chi connectivity index (χ1n) is 7.65. The molecule has 2 aromatic rings. The van der Waals surface area contributed by atoms with Gasteiger partial charge in [0.2, 0.25) is 0 Å². The maximum atomic E-state index is 8.49. The van der Waals surface area contributed by atoms with Gasteiger partial charge in [0.25, 0.3) is 0 Å². The fourth-order valence-corrected chi connectivity index (χ4v) is 3.62. The molecule has 126 valence electrons. The molecule has 4 nitrogen and oxygen atoms in total. The first kappa shape index (κ1) is 18.2. The number of nitrogens with zero attached hydrogens (tertiary/aromatic N) is 2. The third-order valence-electron chi connectivity index (χ3n) is 3.56. The van der Waals surface area contributed by atoms with Crippen molar-refractivity contribution < 1.29 is 9.57 Å². The van der Waals surface area contributed by atoms with Crippen LogP contribution >= 0.6 is 23.6 Å². The molecule has 0 fully saturated rings. The van der Waals surface area contributed by atoms with Crippen LogP contribution in [0.3, 0.4) is 0 Å². The Morgan fingerprint density at radius 2 is 2.08 bits per heavy atom. The summed E-state index contributed by atoms with van der Waals surface area (Å²) in [6.07, 6.45) is 4.99. The van der Waals surface area contributed by atoms with Crippen molar-refractivity contribution in [3.63, 3.8) is 0 Å². The highest BCUT2D eigenvalue weighted by molar-refractivity contribution is 7.73. The number of benzene rings is 1. The number of rotatable bonds is 7. The van der Waals surface area contributed by atoms with E-state index < -0.39 is 0 Å². The second-order valence-electron chi connectivity index (χ2n) is 5.33. The van der Waals surface area contributed by atoms with Gasteiger partial charge < -0.3 is 9.57 Å². The minimum atomic E-state index is 0.0112. The van der Waals surface area contributed by atoms with Crippen LogP contribution in [0.1, 0.15) is 25.5 Å². The molecule has 0 aliphatic rings. The van der Waals surface area contributed by atoms with Crippen LogP contribution in [-0.2, 0) is 0 Å². The highest BCUT2D eigenvalue weighted by atomic mass is 32.1. The van der Waals surface area contributed by atoms with Crippen LogP contribution in [0, 0.1) is 22.2 Å². The van der Waals surface area contributed by atoms with Gasteiger partial charge in [-0.15, -0.1) is 11.3 Å². The van der Waals surface area contributed by atoms with Gasteiger partial charge in [0.15, 0.2) is 3.95 Å². The van der Waals surface area contributed by atoms with Crippen molar-refractivity contribution in [2.24, 2.45) is 0 Å². The molecule has 0 bridgehead atoms. The van der Waals surface area contributed by atoms with E-state index in [4.69, 9.17) is 27.1 Å². The molecule has 0 aliphatic carbocycles. The summed E-state index contributed by atoms with van der Waals surface area (Å²) in [6.45, 7) is 4.01. The van der Waals surface area contributed by atoms with Gasteiger partial charge in [0.05, 0.1) is 23.8 Å². The summed E-state index contributed by atoms with van der Waals surface area (Å²) in [5, 5.41) is 8.49. The molecule has 1 aromatic carbocycles. The van der Waals surface area contributed by atoms with Crippen molar-refractivity contribution in [2.45, 2.75) is 32.8 Å². The number of ether oxygens (including phenoxy) is 1. The number of thiazole rings is 1. The Kier molecular flexibility index (Phi) is 6.59. The van der Waals surface area contributed by atoms with Gasteiger partial charge in [-0.3, -0.25) is 0 Å². The Bertz CT molecular complexity index is 798. The SMILES string of the molecule is COc1ccc(-c2sc(=S)n(OC(C)CC/C=C/C#N)c2C)cc1. The van der Waals surface area contributed by atoms with E-state index in [1.54, 1.807) is 11.8 Å². The minimum Gasteiger partial charge on any atom is -0.497 e. The molecule has 0 N–H and O–H groups in total. The van der Waals surface area contributed by atoms with E-state index in [1.165, 1.54) is 17.4 Å². The number of hydrogen-bond donors (Lipinski definition) is 0. The highest BCUT2D eigenvalue weighted by Gasteiger charge is 2.14. The van der Waals surface area contributed by atoms with Gasteiger partial charge in [-0.2, -0.15) is 9.99 Å². The summed E-state index contributed by atoms with van der Waals surface area (Å²) in [5.41, 5.74) is 2.09. The molecule has 1 heterocycles. The topological polar surface area (TPSA) is 47.2 Å². The first-order chi connectivity index (χ1) is 11.6. The van der Waals surface area contributed by atoms with Crippen molar-refractivity contribution in [2.75, 3.05) is 7.11 Å². The lowest BCUT2D eigenvalue weighted by molar-refractivity contribution is 0.0399. The van der Waals surface area contributed by atoms with Crippen LogP contribution in [0.5, 0.6) is 5.75 Å². The predicted molar refractivity (Wildman–Crippen MR) is 99.9 cm³/mol. The molecule has 0 spiro atoms. The Balaban J connectivity index is 2.15. The molecule has 2 rings (SSSR count). The first-order valence-corrected chi connectivity index (χ1v) is 8.88. The van der Waals surface area contributed by atoms with E-state index in [0.29, 0.717) is 3.95 Å². The van der Waals surface area contributed by atoms with Gasteiger partial charge in [-0.05, 0) is 68.7 Å². The molecule has 1 unspecified atom stereocenters. The lowest BCUT2D eigenvalue weighted by Crippen LogP contribution is -2.23. The van der Waals surface area contributed by atoms with E-state index in [2.05, 4.69) is 0 Å². The quantitative estimate of drug-likeness (QED) is 0.518. The van der Waals surface area contributed by atoms with Crippen molar-refractivity contribution in [3.8, 4) is 22.3 Å². The molecule has 0 radical (unpaired) electrons. The average Bonchev–Trinajstić information content (AvgIpc) is 2.87. The Labute approximate surface area is 151 Å². The Morgan fingerprint density at radius 3 is 2.71 bits per heavy atom. The van der Waals surface area contributed by atoms with E-state index >= 15 is 0 Å². The number of methoxy groups -OCH3 is 1. The standard InChI is InChI=1S/C18H20N2O2S2/c1-13(7-5-4-6-12-19)22-20-14(2)17(24-18(20)23)15-8-10-16(21-3)11-9-15/h4,6,8-11,13H,5,7H2,1-3H3/b6-4+. The summed E-state index contributed by atoms with van der Waals surface area (Å²) in [7, 11) is 1.65. The van der Waals surface area contributed by atoms with Crippen LogP contribution in [0.2, 0.25) is 0 Å². The lowest BCUT2D eigenvalue weighted by Gasteiger charge is -2.15. The molecule has 0 amide bonds. The highest BCUT2D eigenvalue weighted by Crippen LogP contribution is 2.31. The van der Waals surface area contributed by atoms with Gasteiger partial charge in [0.1, 0.15) is 11.9 Å². The summed E-state index contributed by atoms with van der Waals surface area (Å²) in [4.78, 5) is 7.08. The number of aromatic nitrogens is 1. The fourth-order valence-electron chi connectivity index (χ4n) is 2.26. The third kappa shape index (κ3) is 4.47. The van der Waals surface area contributed by atoms with E-state index in [1.807, 2.05) is 50.3 Å². The molecule has 1 atom stereocenters. The Hall–Kier alpha value is -2.10. The lowest BCUT2D eigenvalue weighted by atomic mass is 10.1. The smallest absolute Gasteiger partial charge is 0.197 e. The molecule has 0 saturated heterocycles. The molecular weight excluding hydrogens is 340 g/mol. The summed E-state index contributed by atoms with van der Waals surface area (Å²) in [6, 6.07) is 9.90. The molecule has 0 saturated carbocycles. The summed E-state index contributed by atoms with van der Waals surface area (Å²) >= 11 is 6.99. The van der Waals surface area contributed by atoms with Crippen LogP contribution in [0.25, 0.3) is 10.4 Å². The van der Waals surface area contributed by atoms with Gasteiger partial charge in [0, 0.05) is 6.08 Å². The third-order valence-corrected chi connectivity index (χ3v) is 5.05. The number of hydrogen-bond acceptors (Lipinski definition) is 5. The molecule has 6 heteroatoms. The molecule has 0 aliphatic heterocycles. The monoisotopic (exact) mass is 360 g/mol. The Morgan fingerprint density at radius 1 is 1.38 bits per heavy atom. The van der Waals surface area contributed by atoms with Crippen LogP contribution < -0.4 is 9.57 Å². The average molecular weight is 361 g/mol. The fraction of sp³-hybridized carbons (Fsp3) is 0.333. The van der Waals surface area contributed by atoms with E-state index in [9.17, 15) is 0 Å². The van der Waals surface area contributed by atoms with Gasteiger partial charge in [-0.1, -0.05) is 6.08 Å². The summed E-state index contributed by atoms with van der Waals surface area (Å²) in [5.74, 6) is 0.828. The van der Waals surface area contributed by atoms with Crippen LogP contribution in [0.15, 0.2) is 36.4 Å². The predicted octanol–water partition coefficient (Wildman–Crippen LogP) is 4.94. The van der Waals surface area contributed by atoms with E-state index in [0.717, 1.165) is 34.7 Å². The molecule has 24 heavy (non-hydrogen) atoms. The maximum Gasteiger partial charge on any atom is 0.197 e. The number of allylic oxidation sites excluding steroid dienone is 2. The zero-order valence-electron chi connectivity index (χ0n) is 14.0.